The van der Waals surface area contributed by atoms with Crippen molar-refractivity contribution in [3.63, 3.8) is 0 Å². The van der Waals surface area contributed by atoms with Crippen molar-refractivity contribution in [2.24, 2.45) is 0 Å². The van der Waals surface area contributed by atoms with Crippen molar-refractivity contribution in [2.45, 2.75) is 6.54 Å². The fourth-order valence-electron chi connectivity index (χ4n) is 3.35. The molecule has 7 nitrogen and oxygen atoms in total. The highest BCUT2D eigenvalue weighted by molar-refractivity contribution is 8.18. The quantitative estimate of drug-likeness (QED) is 0.213. The average Bonchev–Trinajstić information content (AvgIpc) is 3.13. The molecule has 184 valence electrons. The van der Waals surface area contributed by atoms with Gasteiger partial charge in [-0.25, -0.2) is 9.18 Å². The van der Waals surface area contributed by atoms with Crippen LogP contribution in [0.4, 0.5) is 9.18 Å². The summed E-state index contributed by atoms with van der Waals surface area (Å²) in [5.41, 5.74) is 1.34. The van der Waals surface area contributed by atoms with Gasteiger partial charge in [0.05, 0.1) is 31.2 Å². The maximum Gasteiger partial charge on any atom is 0.343 e. The molecule has 0 aromatic heterocycles. The lowest BCUT2D eigenvalue weighted by molar-refractivity contribution is -0.123. The van der Waals surface area contributed by atoms with Crippen LogP contribution in [0.5, 0.6) is 17.2 Å². The van der Waals surface area contributed by atoms with Gasteiger partial charge in [-0.15, -0.1) is 0 Å². The molecule has 3 aromatic rings. The summed E-state index contributed by atoms with van der Waals surface area (Å²) in [5.74, 6) is -0.523. The lowest BCUT2D eigenvalue weighted by atomic mass is 10.1. The van der Waals surface area contributed by atoms with E-state index in [1.165, 1.54) is 38.5 Å². The summed E-state index contributed by atoms with van der Waals surface area (Å²) < 4.78 is 29.2. The number of hydrogen-bond donors (Lipinski definition) is 0. The molecule has 0 unspecified atom stereocenters. The highest BCUT2D eigenvalue weighted by Gasteiger charge is 2.35. The first-order valence-corrected chi connectivity index (χ1v) is 11.7. The molecule has 0 radical (unpaired) electrons. The predicted octanol–water partition coefficient (Wildman–Crippen LogP) is 5.95. The number of nitrogens with zero attached hydrogens (tertiary/aromatic N) is 1. The minimum absolute atomic E-state index is 0.0787. The Hall–Kier alpha value is -3.82. The third kappa shape index (κ3) is 5.53. The Bertz CT molecular complexity index is 1380. The zero-order valence-corrected chi connectivity index (χ0v) is 20.7. The van der Waals surface area contributed by atoms with E-state index in [1.807, 2.05) is 0 Å². The van der Waals surface area contributed by atoms with Crippen LogP contribution < -0.4 is 14.2 Å². The second-order valence-electron chi connectivity index (χ2n) is 7.53. The molecule has 1 fully saturated rings. The number of carbonyl (C=O) groups excluding carboxylic acids is 3. The number of methoxy groups -OCH3 is 2. The number of benzene rings is 3. The molecular formula is C26H19ClFNO6S. The summed E-state index contributed by atoms with van der Waals surface area (Å²) in [6.07, 6.45) is 1.54. The van der Waals surface area contributed by atoms with Crippen LogP contribution in [0.3, 0.4) is 0 Å². The van der Waals surface area contributed by atoms with Crippen LogP contribution in [-0.2, 0) is 11.3 Å². The van der Waals surface area contributed by atoms with Crippen LogP contribution in [0.25, 0.3) is 6.08 Å². The Kier molecular flexibility index (Phi) is 7.61. The zero-order valence-electron chi connectivity index (χ0n) is 19.1. The fraction of sp³-hybridized carbons (Fsp3) is 0.115. The van der Waals surface area contributed by atoms with Crippen molar-refractivity contribution < 1.29 is 33.0 Å². The molecule has 36 heavy (non-hydrogen) atoms. The first kappa shape index (κ1) is 25.3. The molecule has 0 aliphatic carbocycles. The summed E-state index contributed by atoms with van der Waals surface area (Å²) in [4.78, 5) is 39.1. The van der Waals surface area contributed by atoms with Crippen molar-refractivity contribution in [2.75, 3.05) is 14.2 Å². The SMILES string of the molecule is COc1ccc(C(=O)Oc2ccc(/C=C3\SC(=O)N(Cc4ccc(F)cc4Cl)C3=O)cc2OC)cc1. The standard InChI is InChI=1S/C26H19ClFNO6S/c1-33-19-8-5-16(6-9-19)25(31)35-21-10-3-15(11-22(21)34-2)12-23-24(30)29(26(32)36-23)14-17-4-7-18(28)13-20(17)27/h3-13H,14H2,1-2H3/b23-12-. The number of esters is 1. The Labute approximate surface area is 215 Å². The summed E-state index contributed by atoms with van der Waals surface area (Å²) in [5, 5.41) is -0.341. The normalized spacial score (nSPS) is 14.3. The molecule has 1 aliphatic heterocycles. The third-order valence-electron chi connectivity index (χ3n) is 5.23. The van der Waals surface area contributed by atoms with Crippen molar-refractivity contribution in [1.82, 2.24) is 4.90 Å². The van der Waals surface area contributed by atoms with Gasteiger partial charge in [0.15, 0.2) is 11.5 Å². The van der Waals surface area contributed by atoms with Gasteiger partial charge in [0, 0.05) is 5.02 Å². The fourth-order valence-corrected chi connectivity index (χ4v) is 4.42. The summed E-state index contributed by atoms with van der Waals surface area (Å²) in [7, 11) is 2.95. The van der Waals surface area contributed by atoms with Crippen molar-refractivity contribution in [3.8, 4) is 17.2 Å². The summed E-state index contributed by atoms with van der Waals surface area (Å²) >= 11 is 6.82. The van der Waals surface area contributed by atoms with Gasteiger partial charge in [0.25, 0.3) is 11.1 Å². The van der Waals surface area contributed by atoms with Gasteiger partial charge in [0.2, 0.25) is 0 Å². The number of thioether (sulfide) groups is 1. The van der Waals surface area contributed by atoms with Crippen LogP contribution in [0.15, 0.2) is 65.6 Å². The Balaban J connectivity index is 1.50. The molecule has 1 aliphatic rings. The van der Waals surface area contributed by atoms with Gasteiger partial charge < -0.3 is 14.2 Å². The van der Waals surface area contributed by atoms with Crippen LogP contribution >= 0.6 is 23.4 Å². The van der Waals surface area contributed by atoms with Crippen LogP contribution in [0, 0.1) is 5.82 Å². The summed E-state index contributed by atoms with van der Waals surface area (Å²) in [6, 6.07) is 15.0. The van der Waals surface area contributed by atoms with Crippen molar-refractivity contribution >= 4 is 46.6 Å². The molecule has 2 amide bonds. The Morgan fingerprint density at radius 2 is 1.75 bits per heavy atom. The van der Waals surface area contributed by atoms with Crippen LogP contribution in [0.2, 0.25) is 5.02 Å². The number of ether oxygens (including phenoxy) is 3. The summed E-state index contributed by atoms with van der Waals surface area (Å²) in [6.45, 7) is -0.0787. The molecule has 1 heterocycles. The Morgan fingerprint density at radius 3 is 2.42 bits per heavy atom. The third-order valence-corrected chi connectivity index (χ3v) is 6.49. The lowest BCUT2D eigenvalue weighted by Gasteiger charge is -2.13. The van der Waals surface area contributed by atoms with Gasteiger partial charge in [-0.3, -0.25) is 14.5 Å². The van der Waals surface area contributed by atoms with Gasteiger partial charge >= 0.3 is 5.97 Å². The first-order valence-electron chi connectivity index (χ1n) is 10.5. The lowest BCUT2D eigenvalue weighted by Crippen LogP contribution is -2.27. The minimum atomic E-state index is -0.579. The number of amides is 2. The average molecular weight is 528 g/mol. The minimum Gasteiger partial charge on any atom is -0.497 e. The molecule has 0 saturated carbocycles. The largest absolute Gasteiger partial charge is 0.497 e. The topological polar surface area (TPSA) is 82.1 Å². The van der Waals surface area contributed by atoms with E-state index < -0.39 is 22.9 Å². The van der Waals surface area contributed by atoms with E-state index in [0.717, 1.165) is 22.7 Å². The molecule has 0 bridgehead atoms. The molecule has 10 heteroatoms. The number of halogens is 2. The van der Waals surface area contributed by atoms with E-state index in [0.29, 0.717) is 22.4 Å². The van der Waals surface area contributed by atoms with E-state index in [9.17, 15) is 18.8 Å². The van der Waals surface area contributed by atoms with Gasteiger partial charge in [-0.2, -0.15) is 0 Å². The maximum atomic E-state index is 13.3. The number of hydrogen-bond acceptors (Lipinski definition) is 7. The molecule has 1 saturated heterocycles. The monoisotopic (exact) mass is 527 g/mol. The number of rotatable bonds is 7. The Morgan fingerprint density at radius 1 is 1.00 bits per heavy atom. The number of imide groups is 1. The molecule has 3 aromatic carbocycles. The molecule has 0 atom stereocenters. The molecule has 0 spiro atoms. The van der Waals surface area contributed by atoms with Crippen LogP contribution in [0.1, 0.15) is 21.5 Å². The van der Waals surface area contributed by atoms with E-state index in [-0.39, 0.29) is 28.0 Å². The van der Waals surface area contributed by atoms with E-state index in [2.05, 4.69) is 0 Å². The van der Waals surface area contributed by atoms with E-state index >= 15 is 0 Å². The van der Waals surface area contributed by atoms with E-state index in [1.54, 1.807) is 36.4 Å². The van der Waals surface area contributed by atoms with Gasteiger partial charge in [-0.05, 0) is 77.5 Å². The molecular weight excluding hydrogens is 509 g/mol. The highest BCUT2D eigenvalue weighted by Crippen LogP contribution is 2.36. The first-order chi connectivity index (χ1) is 17.3. The number of carbonyl (C=O) groups is 3. The van der Waals surface area contributed by atoms with Gasteiger partial charge in [-0.1, -0.05) is 23.7 Å². The van der Waals surface area contributed by atoms with Crippen molar-refractivity contribution in [3.05, 3.63) is 93.1 Å². The van der Waals surface area contributed by atoms with Gasteiger partial charge in [0.1, 0.15) is 11.6 Å². The predicted molar refractivity (Wildman–Crippen MR) is 134 cm³/mol. The second-order valence-corrected chi connectivity index (χ2v) is 8.93. The molecule has 0 N–H and O–H groups in total. The second kappa shape index (κ2) is 10.8. The molecule has 4 rings (SSSR count). The van der Waals surface area contributed by atoms with Crippen LogP contribution in [-0.4, -0.2) is 36.2 Å². The van der Waals surface area contributed by atoms with E-state index in [4.69, 9.17) is 25.8 Å². The van der Waals surface area contributed by atoms with Crippen molar-refractivity contribution in [1.29, 1.82) is 0 Å². The highest BCUT2D eigenvalue weighted by atomic mass is 35.5. The smallest absolute Gasteiger partial charge is 0.343 e. The maximum absolute atomic E-state index is 13.3. The zero-order chi connectivity index (χ0) is 25.8.